The summed E-state index contributed by atoms with van der Waals surface area (Å²) >= 11 is 3.44. The molecule has 1 saturated heterocycles. The summed E-state index contributed by atoms with van der Waals surface area (Å²) < 4.78 is 15.1. The standard InChI is InChI=1S/C11H13BrFN/c12-10-4-2-1-3-9(10)7-11(13)5-6-14-8-11/h1-4,14H,5-8H2. The third-order valence-electron chi connectivity index (χ3n) is 2.66. The fraction of sp³-hybridized carbons (Fsp3) is 0.455. The van der Waals surface area contributed by atoms with E-state index in [9.17, 15) is 4.39 Å². The molecule has 0 radical (unpaired) electrons. The summed E-state index contributed by atoms with van der Waals surface area (Å²) in [5.74, 6) is 0. The van der Waals surface area contributed by atoms with Gasteiger partial charge in [-0.25, -0.2) is 4.39 Å². The maximum atomic E-state index is 14.1. The first-order valence-corrected chi connectivity index (χ1v) is 5.62. The summed E-state index contributed by atoms with van der Waals surface area (Å²) in [6.07, 6.45) is 1.12. The summed E-state index contributed by atoms with van der Waals surface area (Å²) in [4.78, 5) is 0. The normalized spacial score (nSPS) is 26.7. The van der Waals surface area contributed by atoms with Crippen molar-refractivity contribution in [2.75, 3.05) is 13.1 Å². The zero-order valence-electron chi connectivity index (χ0n) is 7.89. The van der Waals surface area contributed by atoms with Crippen LogP contribution in [0.4, 0.5) is 4.39 Å². The summed E-state index contributed by atoms with van der Waals surface area (Å²) in [6.45, 7) is 1.27. The van der Waals surface area contributed by atoms with Crippen molar-refractivity contribution in [2.24, 2.45) is 0 Å². The Morgan fingerprint density at radius 3 is 2.86 bits per heavy atom. The molecule has 1 aromatic rings. The Morgan fingerprint density at radius 2 is 2.21 bits per heavy atom. The van der Waals surface area contributed by atoms with Crippen LogP contribution in [0.1, 0.15) is 12.0 Å². The van der Waals surface area contributed by atoms with E-state index in [-0.39, 0.29) is 0 Å². The molecule has 76 valence electrons. The predicted octanol–water partition coefficient (Wildman–Crippen LogP) is 2.69. The van der Waals surface area contributed by atoms with E-state index in [2.05, 4.69) is 21.2 Å². The molecule has 1 aliphatic heterocycles. The van der Waals surface area contributed by atoms with Crippen LogP contribution in [0.2, 0.25) is 0 Å². The second-order valence-electron chi connectivity index (χ2n) is 3.85. The Kier molecular flexibility index (Phi) is 2.88. The lowest BCUT2D eigenvalue weighted by molar-refractivity contribution is 0.190. The number of alkyl halides is 1. The van der Waals surface area contributed by atoms with Crippen molar-refractivity contribution >= 4 is 15.9 Å². The van der Waals surface area contributed by atoms with Gasteiger partial charge in [0.05, 0.1) is 0 Å². The minimum absolute atomic E-state index is 0.480. The lowest BCUT2D eigenvalue weighted by Crippen LogP contribution is -2.28. The maximum Gasteiger partial charge on any atom is 0.128 e. The van der Waals surface area contributed by atoms with E-state index in [0.29, 0.717) is 19.4 Å². The van der Waals surface area contributed by atoms with Gasteiger partial charge in [0.1, 0.15) is 5.67 Å². The Morgan fingerprint density at radius 1 is 1.43 bits per heavy atom. The van der Waals surface area contributed by atoms with Crippen LogP contribution in [0.5, 0.6) is 0 Å². The number of hydrogen-bond donors (Lipinski definition) is 1. The largest absolute Gasteiger partial charge is 0.313 e. The lowest BCUT2D eigenvalue weighted by Gasteiger charge is -2.18. The van der Waals surface area contributed by atoms with Crippen LogP contribution in [-0.4, -0.2) is 18.8 Å². The van der Waals surface area contributed by atoms with Gasteiger partial charge in [0.15, 0.2) is 0 Å². The summed E-state index contributed by atoms with van der Waals surface area (Å²) in [5.41, 5.74) is 0.00264. The Labute approximate surface area is 91.8 Å². The van der Waals surface area contributed by atoms with Crippen LogP contribution in [-0.2, 0) is 6.42 Å². The van der Waals surface area contributed by atoms with Gasteiger partial charge in [-0.15, -0.1) is 0 Å². The first kappa shape index (κ1) is 10.1. The van der Waals surface area contributed by atoms with Gasteiger partial charge in [-0.1, -0.05) is 34.1 Å². The number of rotatable bonds is 2. The van der Waals surface area contributed by atoms with E-state index in [0.717, 1.165) is 16.6 Å². The molecule has 1 unspecified atom stereocenters. The predicted molar refractivity (Wildman–Crippen MR) is 59.2 cm³/mol. The van der Waals surface area contributed by atoms with Crippen LogP contribution in [0.3, 0.4) is 0 Å². The van der Waals surface area contributed by atoms with Gasteiger partial charge >= 0.3 is 0 Å². The minimum Gasteiger partial charge on any atom is -0.313 e. The van der Waals surface area contributed by atoms with Crippen molar-refractivity contribution in [1.29, 1.82) is 0 Å². The molecule has 1 atom stereocenters. The molecule has 0 spiro atoms. The van der Waals surface area contributed by atoms with Gasteiger partial charge in [0.25, 0.3) is 0 Å². The van der Waals surface area contributed by atoms with E-state index < -0.39 is 5.67 Å². The fourth-order valence-corrected chi connectivity index (χ4v) is 2.27. The number of halogens is 2. The van der Waals surface area contributed by atoms with Crippen LogP contribution in [0, 0.1) is 0 Å². The van der Waals surface area contributed by atoms with Crippen LogP contribution in [0.15, 0.2) is 28.7 Å². The summed E-state index contributed by atoms with van der Waals surface area (Å²) in [7, 11) is 0. The molecule has 1 aliphatic rings. The highest BCUT2D eigenvalue weighted by Crippen LogP contribution is 2.28. The van der Waals surface area contributed by atoms with Crippen molar-refractivity contribution in [3.63, 3.8) is 0 Å². The molecule has 1 aromatic carbocycles. The van der Waals surface area contributed by atoms with E-state index in [4.69, 9.17) is 0 Å². The Balaban J connectivity index is 2.14. The molecule has 2 rings (SSSR count). The average molecular weight is 258 g/mol. The van der Waals surface area contributed by atoms with Gasteiger partial charge in [-0.2, -0.15) is 0 Å². The van der Waals surface area contributed by atoms with Crippen molar-refractivity contribution in [3.05, 3.63) is 34.3 Å². The first-order chi connectivity index (χ1) is 6.70. The molecule has 0 saturated carbocycles. The summed E-state index contributed by atoms with van der Waals surface area (Å²) in [6, 6.07) is 7.84. The van der Waals surface area contributed by atoms with Crippen molar-refractivity contribution in [1.82, 2.24) is 5.32 Å². The van der Waals surface area contributed by atoms with Gasteiger partial charge in [0, 0.05) is 17.4 Å². The minimum atomic E-state index is -1.05. The van der Waals surface area contributed by atoms with Crippen LogP contribution in [0.25, 0.3) is 0 Å². The highest BCUT2D eigenvalue weighted by molar-refractivity contribution is 9.10. The molecule has 1 fully saturated rings. The second-order valence-corrected chi connectivity index (χ2v) is 4.70. The van der Waals surface area contributed by atoms with Crippen molar-refractivity contribution < 1.29 is 4.39 Å². The Hall–Kier alpha value is -0.410. The zero-order chi connectivity index (χ0) is 10.0. The molecular weight excluding hydrogens is 245 g/mol. The third kappa shape index (κ3) is 2.15. The van der Waals surface area contributed by atoms with E-state index in [1.54, 1.807) is 0 Å². The van der Waals surface area contributed by atoms with Crippen molar-refractivity contribution in [2.45, 2.75) is 18.5 Å². The molecule has 3 heteroatoms. The monoisotopic (exact) mass is 257 g/mol. The average Bonchev–Trinajstić information content (AvgIpc) is 2.57. The lowest BCUT2D eigenvalue weighted by atomic mass is 9.96. The SMILES string of the molecule is FC1(Cc2ccccc2Br)CCNC1. The molecule has 1 heterocycles. The molecular formula is C11H13BrFN. The maximum absolute atomic E-state index is 14.1. The fourth-order valence-electron chi connectivity index (χ4n) is 1.85. The van der Waals surface area contributed by atoms with Gasteiger partial charge in [0.2, 0.25) is 0 Å². The zero-order valence-corrected chi connectivity index (χ0v) is 9.48. The Bertz CT molecular complexity index is 321. The number of hydrogen-bond acceptors (Lipinski definition) is 1. The third-order valence-corrected chi connectivity index (χ3v) is 3.43. The number of nitrogens with one attached hydrogen (secondary N) is 1. The molecule has 0 aliphatic carbocycles. The van der Waals surface area contributed by atoms with Gasteiger partial charge in [-0.05, 0) is 24.6 Å². The molecule has 0 bridgehead atoms. The van der Waals surface area contributed by atoms with E-state index in [1.165, 1.54) is 0 Å². The van der Waals surface area contributed by atoms with Crippen LogP contribution >= 0.6 is 15.9 Å². The van der Waals surface area contributed by atoms with E-state index in [1.807, 2.05) is 24.3 Å². The molecule has 14 heavy (non-hydrogen) atoms. The smallest absolute Gasteiger partial charge is 0.128 e. The molecule has 0 aromatic heterocycles. The molecule has 1 N–H and O–H groups in total. The van der Waals surface area contributed by atoms with Gasteiger partial charge in [-0.3, -0.25) is 0 Å². The van der Waals surface area contributed by atoms with E-state index >= 15 is 0 Å². The van der Waals surface area contributed by atoms with Crippen LogP contribution < -0.4 is 5.32 Å². The summed E-state index contributed by atoms with van der Waals surface area (Å²) in [5, 5.41) is 3.06. The molecule has 0 amide bonds. The van der Waals surface area contributed by atoms with Crippen molar-refractivity contribution in [3.8, 4) is 0 Å². The molecule has 1 nitrogen and oxygen atoms in total. The van der Waals surface area contributed by atoms with Gasteiger partial charge < -0.3 is 5.32 Å². The highest BCUT2D eigenvalue weighted by Gasteiger charge is 2.33. The number of benzene rings is 1. The topological polar surface area (TPSA) is 12.0 Å². The second kappa shape index (κ2) is 3.99. The first-order valence-electron chi connectivity index (χ1n) is 4.83. The quantitative estimate of drug-likeness (QED) is 0.860. The highest BCUT2D eigenvalue weighted by atomic mass is 79.9.